The van der Waals surface area contributed by atoms with Gasteiger partial charge in [-0.2, -0.15) is 0 Å². The molecule has 0 radical (unpaired) electrons. The number of thioether (sulfide) groups is 1. The molecule has 1 fully saturated rings. The number of nitrogens with zero attached hydrogens (tertiary/aromatic N) is 1. The first-order chi connectivity index (χ1) is 9.81. The minimum Gasteiger partial charge on any atom is -0.480 e. The van der Waals surface area contributed by atoms with Gasteiger partial charge < -0.3 is 5.11 Å². The summed E-state index contributed by atoms with van der Waals surface area (Å²) in [6.07, 6.45) is 0.0496. The van der Waals surface area contributed by atoms with E-state index in [4.69, 9.17) is 5.11 Å². The fourth-order valence-electron chi connectivity index (χ4n) is 2.15. The van der Waals surface area contributed by atoms with Crippen molar-refractivity contribution in [3.8, 4) is 0 Å². The Hall–Kier alpha value is -1.82. The number of aliphatic carboxylic acids is 1. The predicted octanol–water partition coefficient (Wildman–Crippen LogP) is 2.14. The average molecular weight is 307 g/mol. The van der Waals surface area contributed by atoms with Gasteiger partial charge in [0, 0.05) is 6.42 Å². The molecule has 0 saturated carbocycles. The Kier molecular flexibility index (Phi) is 4.37. The first kappa shape index (κ1) is 15.6. The minimum atomic E-state index is -0.982. The van der Waals surface area contributed by atoms with Crippen molar-refractivity contribution in [3.05, 3.63) is 29.3 Å². The first-order valence-electron chi connectivity index (χ1n) is 6.63. The van der Waals surface area contributed by atoms with Gasteiger partial charge in [-0.3, -0.25) is 14.4 Å². The van der Waals surface area contributed by atoms with Crippen molar-refractivity contribution >= 4 is 35.2 Å². The van der Waals surface area contributed by atoms with Crippen molar-refractivity contribution in [1.82, 2.24) is 0 Å². The van der Waals surface area contributed by atoms with Gasteiger partial charge in [0.25, 0.3) is 0 Å². The second kappa shape index (κ2) is 5.89. The molecule has 2 amide bonds. The third-order valence-electron chi connectivity index (χ3n) is 3.57. The summed E-state index contributed by atoms with van der Waals surface area (Å²) in [5, 5.41) is 7.58. The van der Waals surface area contributed by atoms with Gasteiger partial charge in [0.05, 0.1) is 10.9 Å². The number of benzene rings is 1. The first-order valence-corrected chi connectivity index (χ1v) is 7.58. The lowest BCUT2D eigenvalue weighted by atomic mass is 10.1. The number of rotatable bonds is 4. The molecule has 1 aliphatic heterocycles. The fraction of sp³-hybridized carbons (Fsp3) is 0.400. The molecule has 0 spiro atoms. The van der Waals surface area contributed by atoms with Crippen LogP contribution < -0.4 is 4.90 Å². The summed E-state index contributed by atoms with van der Waals surface area (Å²) in [5.74, 6) is -1.59. The molecule has 5 nitrogen and oxygen atoms in total. The Morgan fingerprint density at radius 3 is 2.57 bits per heavy atom. The highest BCUT2D eigenvalue weighted by molar-refractivity contribution is 8.01. The molecule has 1 N–H and O–H groups in total. The van der Waals surface area contributed by atoms with Gasteiger partial charge in [0.15, 0.2) is 0 Å². The molecular weight excluding hydrogens is 290 g/mol. The van der Waals surface area contributed by atoms with E-state index in [0.717, 1.165) is 22.9 Å². The second-order valence-electron chi connectivity index (χ2n) is 5.15. The molecule has 0 bridgehead atoms. The number of amides is 2. The van der Waals surface area contributed by atoms with Crippen molar-refractivity contribution < 1.29 is 19.5 Å². The number of hydrogen-bond acceptors (Lipinski definition) is 4. The van der Waals surface area contributed by atoms with Crippen molar-refractivity contribution in [2.75, 3.05) is 4.90 Å². The zero-order chi connectivity index (χ0) is 15.7. The Morgan fingerprint density at radius 2 is 2.00 bits per heavy atom. The Labute approximate surface area is 127 Å². The number of carbonyl (C=O) groups is 3. The smallest absolute Gasteiger partial charge is 0.316 e. The van der Waals surface area contributed by atoms with Crippen LogP contribution in [0, 0.1) is 13.8 Å². The van der Waals surface area contributed by atoms with Crippen LogP contribution in [0.25, 0.3) is 0 Å². The van der Waals surface area contributed by atoms with Crippen LogP contribution >= 0.6 is 11.8 Å². The normalized spacial score (nSPS) is 20.0. The number of anilines is 1. The van der Waals surface area contributed by atoms with Crippen LogP contribution in [0.2, 0.25) is 0 Å². The van der Waals surface area contributed by atoms with E-state index in [0.29, 0.717) is 5.69 Å². The number of aryl methyl sites for hydroxylation is 2. The summed E-state index contributed by atoms with van der Waals surface area (Å²) in [7, 11) is 0. The molecular formula is C15H17NO4S. The highest BCUT2D eigenvalue weighted by atomic mass is 32.2. The molecule has 2 atom stereocenters. The Balaban J connectivity index is 2.22. The highest BCUT2D eigenvalue weighted by Gasteiger charge is 2.41. The standard InChI is InChI=1S/C15H17NO4S/c1-8-4-5-11(6-9(8)2)16-13(17)7-12(14(16)18)21-10(3)15(19)20/h4-6,10,12H,7H2,1-3H3,(H,19,20). The van der Waals surface area contributed by atoms with Crippen LogP contribution in [0.1, 0.15) is 24.5 Å². The summed E-state index contributed by atoms with van der Waals surface area (Å²) in [5.41, 5.74) is 2.64. The molecule has 112 valence electrons. The van der Waals surface area contributed by atoms with Crippen LogP contribution in [0.3, 0.4) is 0 Å². The largest absolute Gasteiger partial charge is 0.480 e. The van der Waals surface area contributed by atoms with Crippen LogP contribution in [0.5, 0.6) is 0 Å². The lowest BCUT2D eigenvalue weighted by Gasteiger charge is -2.17. The van der Waals surface area contributed by atoms with Crippen molar-refractivity contribution in [1.29, 1.82) is 0 Å². The van der Waals surface area contributed by atoms with Gasteiger partial charge in [-0.1, -0.05) is 6.07 Å². The molecule has 1 aromatic rings. The fourth-order valence-corrected chi connectivity index (χ4v) is 3.22. The van der Waals surface area contributed by atoms with E-state index in [2.05, 4.69) is 0 Å². The van der Waals surface area contributed by atoms with Gasteiger partial charge in [-0.25, -0.2) is 4.90 Å². The lowest BCUT2D eigenvalue weighted by Crippen LogP contribution is -2.32. The summed E-state index contributed by atoms with van der Waals surface area (Å²) in [4.78, 5) is 36.5. The molecule has 2 unspecified atom stereocenters. The zero-order valence-corrected chi connectivity index (χ0v) is 12.9. The van der Waals surface area contributed by atoms with Gasteiger partial charge in [0.1, 0.15) is 5.25 Å². The average Bonchev–Trinajstić information content (AvgIpc) is 2.68. The van der Waals surface area contributed by atoms with Crippen LogP contribution in [0.4, 0.5) is 5.69 Å². The van der Waals surface area contributed by atoms with E-state index < -0.39 is 16.5 Å². The number of carboxylic acid groups (broad SMARTS) is 1. The van der Waals surface area contributed by atoms with E-state index in [1.807, 2.05) is 19.9 Å². The van der Waals surface area contributed by atoms with Crippen LogP contribution in [0.15, 0.2) is 18.2 Å². The van der Waals surface area contributed by atoms with E-state index >= 15 is 0 Å². The topological polar surface area (TPSA) is 74.7 Å². The van der Waals surface area contributed by atoms with Crippen LogP contribution in [-0.2, 0) is 14.4 Å². The quantitative estimate of drug-likeness (QED) is 0.863. The molecule has 6 heteroatoms. The minimum absolute atomic E-state index is 0.0496. The van der Waals surface area contributed by atoms with Crippen molar-refractivity contribution in [3.63, 3.8) is 0 Å². The number of carboxylic acids is 1. The molecule has 21 heavy (non-hydrogen) atoms. The maximum absolute atomic E-state index is 12.4. The molecule has 0 aliphatic carbocycles. The summed E-state index contributed by atoms with van der Waals surface area (Å²) >= 11 is 1.02. The monoisotopic (exact) mass is 307 g/mol. The van der Waals surface area contributed by atoms with E-state index in [1.165, 1.54) is 11.8 Å². The number of hydrogen-bond donors (Lipinski definition) is 1. The van der Waals surface area contributed by atoms with Crippen molar-refractivity contribution in [2.24, 2.45) is 0 Å². The maximum Gasteiger partial charge on any atom is 0.316 e. The molecule has 1 aromatic carbocycles. The number of carbonyl (C=O) groups excluding carboxylic acids is 2. The van der Waals surface area contributed by atoms with E-state index in [9.17, 15) is 14.4 Å². The summed E-state index contributed by atoms with van der Waals surface area (Å²) in [6.45, 7) is 5.39. The predicted molar refractivity (Wildman–Crippen MR) is 81.5 cm³/mol. The molecule has 1 saturated heterocycles. The SMILES string of the molecule is Cc1ccc(N2C(=O)CC(SC(C)C(=O)O)C2=O)cc1C. The third-order valence-corrected chi connectivity index (χ3v) is 4.88. The van der Waals surface area contributed by atoms with Gasteiger partial charge in [0.2, 0.25) is 11.8 Å². The molecule has 1 aliphatic rings. The highest BCUT2D eigenvalue weighted by Crippen LogP contribution is 2.32. The van der Waals surface area contributed by atoms with Gasteiger partial charge in [-0.05, 0) is 44.0 Å². The number of imide groups is 1. The Morgan fingerprint density at radius 1 is 1.33 bits per heavy atom. The van der Waals surface area contributed by atoms with Crippen molar-refractivity contribution in [2.45, 2.75) is 37.7 Å². The second-order valence-corrected chi connectivity index (χ2v) is 6.69. The maximum atomic E-state index is 12.4. The third kappa shape index (κ3) is 3.10. The zero-order valence-electron chi connectivity index (χ0n) is 12.1. The summed E-state index contributed by atoms with van der Waals surface area (Å²) in [6, 6.07) is 5.41. The van der Waals surface area contributed by atoms with E-state index in [-0.39, 0.29) is 18.2 Å². The Bertz CT molecular complexity index is 614. The molecule has 0 aromatic heterocycles. The van der Waals surface area contributed by atoms with Gasteiger partial charge in [-0.15, -0.1) is 11.8 Å². The lowest BCUT2D eigenvalue weighted by molar-refractivity contribution is -0.136. The summed E-state index contributed by atoms with van der Waals surface area (Å²) < 4.78 is 0. The van der Waals surface area contributed by atoms with E-state index in [1.54, 1.807) is 12.1 Å². The van der Waals surface area contributed by atoms with Crippen LogP contribution in [-0.4, -0.2) is 33.4 Å². The molecule has 2 rings (SSSR count). The molecule has 1 heterocycles. The van der Waals surface area contributed by atoms with Gasteiger partial charge >= 0.3 is 5.97 Å².